The molecule has 0 aliphatic heterocycles. The van der Waals surface area contributed by atoms with E-state index >= 15 is 0 Å². The Balaban J connectivity index is 1.77. The molecular weight excluding hydrogens is 172 g/mol. The van der Waals surface area contributed by atoms with Crippen molar-refractivity contribution in [2.75, 3.05) is 6.54 Å². The van der Waals surface area contributed by atoms with Crippen LogP contribution >= 0.6 is 0 Å². The molecule has 2 fully saturated rings. The van der Waals surface area contributed by atoms with Crippen molar-refractivity contribution < 1.29 is 0 Å². The van der Waals surface area contributed by atoms with Crippen LogP contribution in [0.5, 0.6) is 0 Å². The minimum Gasteiger partial charge on any atom is -0.329 e. The van der Waals surface area contributed by atoms with E-state index in [1.807, 2.05) is 0 Å². The van der Waals surface area contributed by atoms with E-state index in [2.05, 4.69) is 5.32 Å². The van der Waals surface area contributed by atoms with Crippen LogP contribution in [0.2, 0.25) is 0 Å². The summed E-state index contributed by atoms with van der Waals surface area (Å²) in [6.07, 6.45) is 11.3. The summed E-state index contributed by atoms with van der Waals surface area (Å²) in [5.74, 6) is 0.870. The SMILES string of the molecule is NCC(NC1CCC1)C1CCCCC1. The molecule has 0 heterocycles. The molecule has 0 bridgehead atoms. The van der Waals surface area contributed by atoms with Gasteiger partial charge < -0.3 is 11.1 Å². The van der Waals surface area contributed by atoms with Crippen molar-refractivity contribution in [2.45, 2.75) is 63.5 Å². The van der Waals surface area contributed by atoms with Crippen molar-refractivity contribution in [1.82, 2.24) is 5.32 Å². The molecule has 2 saturated carbocycles. The highest BCUT2D eigenvalue weighted by molar-refractivity contribution is 4.86. The van der Waals surface area contributed by atoms with Gasteiger partial charge in [0.25, 0.3) is 0 Å². The van der Waals surface area contributed by atoms with E-state index in [9.17, 15) is 0 Å². The van der Waals surface area contributed by atoms with Gasteiger partial charge in [0.1, 0.15) is 0 Å². The van der Waals surface area contributed by atoms with E-state index < -0.39 is 0 Å². The zero-order chi connectivity index (χ0) is 9.80. The standard InChI is InChI=1S/C12H24N2/c13-9-12(14-11-7-4-8-11)10-5-2-1-3-6-10/h10-12,14H,1-9,13H2. The molecule has 1 unspecified atom stereocenters. The van der Waals surface area contributed by atoms with Crippen LogP contribution in [0.3, 0.4) is 0 Å². The van der Waals surface area contributed by atoms with Crippen LogP contribution in [0.25, 0.3) is 0 Å². The molecule has 2 aliphatic carbocycles. The lowest BCUT2D eigenvalue weighted by atomic mass is 9.82. The first-order valence-electron chi connectivity index (χ1n) is 6.36. The van der Waals surface area contributed by atoms with Gasteiger partial charge in [0.2, 0.25) is 0 Å². The lowest BCUT2D eigenvalue weighted by molar-refractivity contribution is 0.220. The summed E-state index contributed by atoms with van der Waals surface area (Å²) in [6, 6.07) is 1.41. The molecule has 0 saturated heterocycles. The van der Waals surface area contributed by atoms with Crippen molar-refractivity contribution in [3.63, 3.8) is 0 Å². The number of hydrogen-bond donors (Lipinski definition) is 2. The first-order valence-corrected chi connectivity index (χ1v) is 6.36. The van der Waals surface area contributed by atoms with Crippen LogP contribution in [-0.2, 0) is 0 Å². The number of nitrogens with one attached hydrogen (secondary N) is 1. The molecule has 0 aromatic rings. The normalized spacial score (nSPS) is 27.2. The molecule has 0 radical (unpaired) electrons. The van der Waals surface area contributed by atoms with Gasteiger partial charge in [-0.2, -0.15) is 0 Å². The molecule has 2 rings (SSSR count). The van der Waals surface area contributed by atoms with Crippen molar-refractivity contribution in [3.05, 3.63) is 0 Å². The van der Waals surface area contributed by atoms with Gasteiger partial charge in [0.15, 0.2) is 0 Å². The van der Waals surface area contributed by atoms with Crippen LogP contribution < -0.4 is 11.1 Å². The highest BCUT2D eigenvalue weighted by atomic mass is 15.0. The van der Waals surface area contributed by atoms with Crippen molar-refractivity contribution in [2.24, 2.45) is 11.7 Å². The molecule has 0 aromatic carbocycles. The molecule has 0 spiro atoms. The van der Waals surface area contributed by atoms with Gasteiger partial charge >= 0.3 is 0 Å². The zero-order valence-corrected chi connectivity index (χ0v) is 9.17. The van der Waals surface area contributed by atoms with E-state index in [0.717, 1.165) is 18.5 Å². The Labute approximate surface area is 87.6 Å². The number of hydrogen-bond acceptors (Lipinski definition) is 2. The van der Waals surface area contributed by atoms with Gasteiger partial charge in [0, 0.05) is 18.6 Å². The molecular formula is C12H24N2. The number of rotatable bonds is 4. The summed E-state index contributed by atoms with van der Waals surface area (Å²) in [7, 11) is 0. The quantitative estimate of drug-likeness (QED) is 0.722. The highest BCUT2D eigenvalue weighted by Gasteiger charge is 2.26. The zero-order valence-electron chi connectivity index (χ0n) is 9.17. The number of nitrogens with two attached hydrogens (primary N) is 1. The summed E-state index contributed by atoms with van der Waals surface area (Å²) < 4.78 is 0. The molecule has 2 heteroatoms. The van der Waals surface area contributed by atoms with Gasteiger partial charge in [0.05, 0.1) is 0 Å². The predicted molar refractivity (Wildman–Crippen MR) is 60.2 cm³/mol. The lowest BCUT2D eigenvalue weighted by Gasteiger charge is -2.36. The monoisotopic (exact) mass is 196 g/mol. The Bertz CT molecular complexity index is 160. The highest BCUT2D eigenvalue weighted by Crippen LogP contribution is 2.28. The molecule has 1 atom stereocenters. The fraction of sp³-hybridized carbons (Fsp3) is 1.00. The van der Waals surface area contributed by atoms with E-state index in [0.29, 0.717) is 6.04 Å². The molecule has 2 aliphatic rings. The first-order chi connectivity index (χ1) is 6.90. The molecule has 0 aromatic heterocycles. The van der Waals surface area contributed by atoms with Gasteiger partial charge in [-0.05, 0) is 31.6 Å². The maximum atomic E-state index is 5.87. The average molecular weight is 196 g/mol. The van der Waals surface area contributed by atoms with Crippen molar-refractivity contribution >= 4 is 0 Å². The minimum atomic E-state index is 0.612. The minimum absolute atomic E-state index is 0.612. The van der Waals surface area contributed by atoms with E-state index in [-0.39, 0.29) is 0 Å². The first kappa shape index (κ1) is 10.4. The second-order valence-corrected chi connectivity index (χ2v) is 5.03. The predicted octanol–water partition coefficient (Wildman–Crippen LogP) is 2.04. The Morgan fingerprint density at radius 2 is 1.71 bits per heavy atom. The smallest absolute Gasteiger partial charge is 0.0221 e. The molecule has 2 nitrogen and oxygen atoms in total. The Hall–Kier alpha value is -0.0800. The van der Waals surface area contributed by atoms with E-state index in [4.69, 9.17) is 5.73 Å². The molecule has 82 valence electrons. The summed E-state index contributed by atoms with van der Waals surface area (Å²) in [4.78, 5) is 0. The molecule has 0 amide bonds. The van der Waals surface area contributed by atoms with Crippen molar-refractivity contribution in [1.29, 1.82) is 0 Å². The van der Waals surface area contributed by atoms with Crippen molar-refractivity contribution in [3.8, 4) is 0 Å². The van der Waals surface area contributed by atoms with Crippen LogP contribution in [0, 0.1) is 5.92 Å². The van der Waals surface area contributed by atoms with E-state index in [1.165, 1.54) is 51.4 Å². The summed E-state index contributed by atoms with van der Waals surface area (Å²) >= 11 is 0. The maximum absolute atomic E-state index is 5.87. The fourth-order valence-corrected chi connectivity index (χ4v) is 2.81. The maximum Gasteiger partial charge on any atom is 0.0221 e. The third-order valence-electron chi connectivity index (χ3n) is 4.03. The Morgan fingerprint density at radius 1 is 1.00 bits per heavy atom. The Morgan fingerprint density at radius 3 is 2.21 bits per heavy atom. The van der Waals surface area contributed by atoms with E-state index in [1.54, 1.807) is 0 Å². The summed E-state index contributed by atoms with van der Waals surface area (Å²) in [6.45, 7) is 0.834. The summed E-state index contributed by atoms with van der Waals surface area (Å²) in [5, 5.41) is 3.75. The molecule has 14 heavy (non-hydrogen) atoms. The largest absolute Gasteiger partial charge is 0.329 e. The van der Waals surface area contributed by atoms with Crippen LogP contribution in [0.15, 0.2) is 0 Å². The van der Waals surface area contributed by atoms with Crippen LogP contribution in [0.4, 0.5) is 0 Å². The second kappa shape index (κ2) is 5.13. The third kappa shape index (κ3) is 2.48. The van der Waals surface area contributed by atoms with Gasteiger partial charge in [-0.15, -0.1) is 0 Å². The summed E-state index contributed by atoms with van der Waals surface area (Å²) in [5.41, 5.74) is 5.87. The molecule has 3 N–H and O–H groups in total. The van der Waals surface area contributed by atoms with Gasteiger partial charge in [-0.1, -0.05) is 25.7 Å². The van der Waals surface area contributed by atoms with Gasteiger partial charge in [-0.25, -0.2) is 0 Å². The second-order valence-electron chi connectivity index (χ2n) is 5.03. The average Bonchev–Trinajstić information content (AvgIpc) is 2.18. The van der Waals surface area contributed by atoms with Gasteiger partial charge in [-0.3, -0.25) is 0 Å². The fourth-order valence-electron chi connectivity index (χ4n) is 2.81. The Kier molecular flexibility index (Phi) is 3.82. The lowest BCUT2D eigenvalue weighted by Crippen LogP contribution is -2.50. The van der Waals surface area contributed by atoms with Crippen LogP contribution in [0.1, 0.15) is 51.4 Å². The third-order valence-corrected chi connectivity index (χ3v) is 4.03. The topological polar surface area (TPSA) is 38.0 Å². The van der Waals surface area contributed by atoms with Crippen LogP contribution in [-0.4, -0.2) is 18.6 Å².